The van der Waals surface area contributed by atoms with Gasteiger partial charge in [0.25, 0.3) is 5.91 Å². The van der Waals surface area contributed by atoms with Crippen LogP contribution in [-0.4, -0.2) is 33.7 Å². The van der Waals surface area contributed by atoms with Gasteiger partial charge in [-0.3, -0.25) is 9.52 Å². The Labute approximate surface area is 141 Å². The summed E-state index contributed by atoms with van der Waals surface area (Å²) in [5.74, 6) is -0.232. The topological polar surface area (TPSA) is 84.5 Å². The maximum atomic E-state index is 12.0. The Hall–Kier alpha value is -2.38. The molecular weight excluding hydrogens is 328 g/mol. The molecule has 7 heteroatoms. The minimum atomic E-state index is -3.32. The SMILES string of the molecule is CS(=O)(=O)Nc1ccc(C(=O)NCCOCc2ccccc2)cc1. The molecule has 0 saturated carbocycles. The Kier molecular flexibility index (Phi) is 6.34. The molecule has 0 aliphatic rings. The number of amides is 1. The Morgan fingerprint density at radius 2 is 1.71 bits per heavy atom. The number of anilines is 1. The molecule has 6 nitrogen and oxygen atoms in total. The maximum absolute atomic E-state index is 12.0. The summed E-state index contributed by atoms with van der Waals surface area (Å²) in [5.41, 5.74) is 1.95. The first-order valence-corrected chi connectivity index (χ1v) is 9.31. The van der Waals surface area contributed by atoms with Crippen LogP contribution in [0.15, 0.2) is 54.6 Å². The molecule has 0 radical (unpaired) electrons. The van der Waals surface area contributed by atoms with E-state index >= 15 is 0 Å². The number of ether oxygens (including phenoxy) is 1. The van der Waals surface area contributed by atoms with Crippen molar-refractivity contribution in [2.75, 3.05) is 24.1 Å². The molecule has 0 fully saturated rings. The van der Waals surface area contributed by atoms with Gasteiger partial charge < -0.3 is 10.1 Å². The molecule has 0 saturated heterocycles. The zero-order valence-electron chi connectivity index (χ0n) is 13.4. The third-order valence-corrected chi connectivity index (χ3v) is 3.70. The van der Waals surface area contributed by atoms with Gasteiger partial charge in [-0.25, -0.2) is 8.42 Å². The van der Waals surface area contributed by atoms with E-state index in [2.05, 4.69) is 10.0 Å². The van der Waals surface area contributed by atoms with Crippen LogP contribution in [0.5, 0.6) is 0 Å². The van der Waals surface area contributed by atoms with Crippen LogP contribution < -0.4 is 10.0 Å². The summed E-state index contributed by atoms with van der Waals surface area (Å²) < 4.78 is 30.1. The van der Waals surface area contributed by atoms with E-state index in [0.717, 1.165) is 11.8 Å². The number of sulfonamides is 1. The first-order chi connectivity index (χ1) is 11.4. The summed E-state index contributed by atoms with van der Waals surface area (Å²) in [4.78, 5) is 12.0. The molecule has 128 valence electrons. The van der Waals surface area contributed by atoms with Crippen LogP contribution in [0.1, 0.15) is 15.9 Å². The summed E-state index contributed by atoms with van der Waals surface area (Å²) in [7, 11) is -3.32. The number of carbonyl (C=O) groups is 1. The van der Waals surface area contributed by atoms with Crippen molar-refractivity contribution in [2.45, 2.75) is 6.61 Å². The third kappa shape index (κ3) is 6.39. The van der Waals surface area contributed by atoms with Crippen molar-refractivity contribution in [3.8, 4) is 0 Å². The molecule has 2 aromatic carbocycles. The van der Waals surface area contributed by atoms with Crippen LogP contribution >= 0.6 is 0 Å². The van der Waals surface area contributed by atoms with Gasteiger partial charge in [0.1, 0.15) is 0 Å². The van der Waals surface area contributed by atoms with Crippen LogP contribution in [0.2, 0.25) is 0 Å². The zero-order valence-corrected chi connectivity index (χ0v) is 14.2. The molecule has 2 aromatic rings. The Morgan fingerprint density at radius 1 is 1.04 bits per heavy atom. The quantitative estimate of drug-likeness (QED) is 0.715. The highest BCUT2D eigenvalue weighted by Gasteiger charge is 2.06. The van der Waals surface area contributed by atoms with Crippen molar-refractivity contribution in [3.63, 3.8) is 0 Å². The standard InChI is InChI=1S/C17H20N2O4S/c1-24(21,22)19-16-9-7-15(8-10-16)17(20)18-11-12-23-13-14-5-3-2-4-6-14/h2-10,19H,11-13H2,1H3,(H,18,20). The van der Waals surface area contributed by atoms with Crippen molar-refractivity contribution in [1.29, 1.82) is 0 Å². The molecule has 0 aliphatic heterocycles. The second kappa shape index (κ2) is 8.47. The Morgan fingerprint density at radius 3 is 2.33 bits per heavy atom. The van der Waals surface area contributed by atoms with Gasteiger partial charge in [0.05, 0.1) is 19.5 Å². The summed E-state index contributed by atoms with van der Waals surface area (Å²) in [6, 6.07) is 16.0. The van der Waals surface area contributed by atoms with Crippen molar-refractivity contribution >= 4 is 21.6 Å². The van der Waals surface area contributed by atoms with Gasteiger partial charge in [-0.15, -0.1) is 0 Å². The van der Waals surface area contributed by atoms with Crippen LogP contribution in [0.25, 0.3) is 0 Å². The Balaban J connectivity index is 1.72. The van der Waals surface area contributed by atoms with Gasteiger partial charge in [-0.2, -0.15) is 0 Å². The summed E-state index contributed by atoms with van der Waals surface area (Å²) in [5, 5.41) is 2.75. The fraction of sp³-hybridized carbons (Fsp3) is 0.235. The normalized spacial score (nSPS) is 11.0. The monoisotopic (exact) mass is 348 g/mol. The van der Waals surface area contributed by atoms with Crippen LogP contribution in [0, 0.1) is 0 Å². The van der Waals surface area contributed by atoms with E-state index in [0.29, 0.717) is 31.0 Å². The number of rotatable bonds is 8. The van der Waals surface area contributed by atoms with E-state index in [9.17, 15) is 13.2 Å². The number of nitrogens with one attached hydrogen (secondary N) is 2. The lowest BCUT2D eigenvalue weighted by Crippen LogP contribution is -2.27. The molecule has 1 amide bonds. The molecule has 0 unspecified atom stereocenters. The van der Waals surface area contributed by atoms with E-state index in [-0.39, 0.29) is 5.91 Å². The van der Waals surface area contributed by atoms with Crippen LogP contribution in [0.4, 0.5) is 5.69 Å². The molecule has 2 N–H and O–H groups in total. The fourth-order valence-corrected chi connectivity index (χ4v) is 2.57. The van der Waals surface area contributed by atoms with Gasteiger partial charge >= 0.3 is 0 Å². The predicted octanol–water partition coefficient (Wildman–Crippen LogP) is 2.00. The second-order valence-corrected chi connectivity index (χ2v) is 6.99. The van der Waals surface area contributed by atoms with Crippen molar-refractivity contribution in [2.24, 2.45) is 0 Å². The van der Waals surface area contributed by atoms with Gasteiger partial charge in [-0.1, -0.05) is 30.3 Å². The second-order valence-electron chi connectivity index (χ2n) is 5.25. The lowest BCUT2D eigenvalue weighted by atomic mass is 10.2. The molecular formula is C17H20N2O4S. The van der Waals surface area contributed by atoms with Gasteiger partial charge in [0.15, 0.2) is 0 Å². The van der Waals surface area contributed by atoms with Gasteiger partial charge in [0.2, 0.25) is 10.0 Å². The molecule has 0 bridgehead atoms. The molecule has 0 aromatic heterocycles. The van der Waals surface area contributed by atoms with Crippen LogP contribution in [0.3, 0.4) is 0 Å². The Bertz CT molecular complexity index is 759. The minimum absolute atomic E-state index is 0.232. The number of hydrogen-bond donors (Lipinski definition) is 2. The lowest BCUT2D eigenvalue weighted by Gasteiger charge is -2.08. The van der Waals surface area contributed by atoms with E-state index in [4.69, 9.17) is 4.74 Å². The van der Waals surface area contributed by atoms with Crippen molar-refractivity contribution in [3.05, 3.63) is 65.7 Å². The van der Waals surface area contributed by atoms with E-state index < -0.39 is 10.0 Å². The van der Waals surface area contributed by atoms with E-state index in [1.54, 1.807) is 24.3 Å². The summed E-state index contributed by atoms with van der Waals surface area (Å²) in [6.45, 7) is 1.31. The smallest absolute Gasteiger partial charge is 0.251 e. The fourth-order valence-electron chi connectivity index (χ4n) is 2.01. The number of carbonyl (C=O) groups excluding carboxylic acids is 1. The molecule has 0 aliphatic carbocycles. The first kappa shape index (κ1) is 18.0. The van der Waals surface area contributed by atoms with Gasteiger partial charge in [-0.05, 0) is 29.8 Å². The average molecular weight is 348 g/mol. The molecule has 24 heavy (non-hydrogen) atoms. The largest absolute Gasteiger partial charge is 0.375 e. The molecule has 0 heterocycles. The molecule has 0 atom stereocenters. The minimum Gasteiger partial charge on any atom is -0.375 e. The highest BCUT2D eigenvalue weighted by Crippen LogP contribution is 2.10. The van der Waals surface area contributed by atoms with Gasteiger partial charge in [0, 0.05) is 17.8 Å². The molecule has 2 rings (SSSR count). The first-order valence-electron chi connectivity index (χ1n) is 7.42. The van der Waals surface area contributed by atoms with Crippen LogP contribution in [-0.2, 0) is 21.4 Å². The zero-order chi connectivity index (χ0) is 17.4. The summed E-state index contributed by atoms with van der Waals surface area (Å²) >= 11 is 0. The van der Waals surface area contributed by atoms with Crippen molar-refractivity contribution in [1.82, 2.24) is 5.32 Å². The third-order valence-electron chi connectivity index (χ3n) is 3.09. The predicted molar refractivity (Wildman–Crippen MR) is 93.3 cm³/mol. The maximum Gasteiger partial charge on any atom is 0.251 e. The highest BCUT2D eigenvalue weighted by atomic mass is 32.2. The molecule has 0 spiro atoms. The lowest BCUT2D eigenvalue weighted by molar-refractivity contribution is 0.0901. The van der Waals surface area contributed by atoms with E-state index in [1.165, 1.54) is 0 Å². The van der Waals surface area contributed by atoms with Crippen molar-refractivity contribution < 1.29 is 17.9 Å². The van der Waals surface area contributed by atoms with E-state index in [1.807, 2.05) is 30.3 Å². The highest BCUT2D eigenvalue weighted by molar-refractivity contribution is 7.92. The number of benzene rings is 2. The number of hydrogen-bond acceptors (Lipinski definition) is 4. The average Bonchev–Trinajstić information content (AvgIpc) is 2.54. The summed E-state index contributed by atoms with van der Waals surface area (Å²) in [6.07, 6.45) is 1.07.